The summed E-state index contributed by atoms with van der Waals surface area (Å²) in [5.74, 6) is 0.890. The number of furan rings is 1. The Balaban J connectivity index is 2.74. The highest BCUT2D eigenvalue weighted by Gasteiger charge is 2.12. The van der Waals surface area contributed by atoms with Gasteiger partial charge in [-0.2, -0.15) is 0 Å². The van der Waals surface area contributed by atoms with Crippen LogP contribution in [0.5, 0.6) is 0 Å². The fourth-order valence-corrected chi connectivity index (χ4v) is 1.63. The van der Waals surface area contributed by atoms with Crippen molar-refractivity contribution in [2.24, 2.45) is 5.73 Å². The molecule has 2 nitrogen and oxygen atoms in total. The van der Waals surface area contributed by atoms with Crippen molar-refractivity contribution in [2.75, 3.05) is 0 Å². The number of benzene rings is 1. The van der Waals surface area contributed by atoms with Gasteiger partial charge in [0, 0.05) is 5.39 Å². The second-order valence-corrected chi connectivity index (χ2v) is 3.38. The van der Waals surface area contributed by atoms with Gasteiger partial charge in [-0.3, -0.25) is 0 Å². The molecule has 1 atom stereocenters. The number of hydrogen-bond donors (Lipinski definition) is 1. The summed E-state index contributed by atoms with van der Waals surface area (Å²) in [6.07, 6.45) is 0. The summed E-state index contributed by atoms with van der Waals surface area (Å²) >= 11 is 0. The molecule has 1 aromatic carbocycles. The van der Waals surface area contributed by atoms with Crippen LogP contribution in [-0.4, -0.2) is 0 Å². The van der Waals surface area contributed by atoms with E-state index in [2.05, 4.69) is 6.07 Å². The SMILES string of the molecule is Cc1c(C(C)N)oc2ccccc12. The van der Waals surface area contributed by atoms with Crippen molar-refractivity contribution in [2.45, 2.75) is 19.9 Å². The van der Waals surface area contributed by atoms with Crippen LogP contribution in [-0.2, 0) is 0 Å². The molecule has 68 valence electrons. The molecule has 1 unspecified atom stereocenters. The molecule has 1 heterocycles. The van der Waals surface area contributed by atoms with Crippen LogP contribution < -0.4 is 5.73 Å². The van der Waals surface area contributed by atoms with Crippen molar-refractivity contribution < 1.29 is 4.42 Å². The molecule has 2 rings (SSSR count). The van der Waals surface area contributed by atoms with Crippen molar-refractivity contribution in [1.82, 2.24) is 0 Å². The lowest BCUT2D eigenvalue weighted by Gasteiger charge is -2.00. The first-order valence-electron chi connectivity index (χ1n) is 4.43. The van der Waals surface area contributed by atoms with Crippen LogP contribution in [0.4, 0.5) is 0 Å². The summed E-state index contributed by atoms with van der Waals surface area (Å²) in [5, 5.41) is 1.16. The van der Waals surface area contributed by atoms with Crippen molar-refractivity contribution in [3.63, 3.8) is 0 Å². The average Bonchev–Trinajstić information content (AvgIpc) is 2.45. The zero-order valence-electron chi connectivity index (χ0n) is 7.87. The molecule has 0 saturated carbocycles. The molecule has 2 heteroatoms. The van der Waals surface area contributed by atoms with E-state index in [-0.39, 0.29) is 6.04 Å². The maximum Gasteiger partial charge on any atom is 0.134 e. The number of hydrogen-bond acceptors (Lipinski definition) is 2. The van der Waals surface area contributed by atoms with E-state index < -0.39 is 0 Å². The van der Waals surface area contributed by atoms with E-state index in [1.807, 2.05) is 32.0 Å². The Morgan fingerprint density at radius 2 is 2.00 bits per heavy atom. The summed E-state index contributed by atoms with van der Waals surface area (Å²) in [6, 6.07) is 7.97. The number of nitrogens with two attached hydrogens (primary N) is 1. The highest BCUT2D eigenvalue weighted by Crippen LogP contribution is 2.27. The van der Waals surface area contributed by atoms with Gasteiger partial charge in [0.15, 0.2) is 0 Å². The molecule has 0 aliphatic carbocycles. The van der Waals surface area contributed by atoms with Crippen LogP contribution >= 0.6 is 0 Å². The molecule has 2 N–H and O–H groups in total. The number of para-hydroxylation sites is 1. The molecule has 0 bridgehead atoms. The second kappa shape index (κ2) is 2.89. The first-order valence-corrected chi connectivity index (χ1v) is 4.43. The minimum absolute atomic E-state index is 0.0348. The van der Waals surface area contributed by atoms with Crippen LogP contribution in [0, 0.1) is 6.92 Å². The van der Waals surface area contributed by atoms with Crippen LogP contribution in [0.25, 0.3) is 11.0 Å². The topological polar surface area (TPSA) is 39.2 Å². The van der Waals surface area contributed by atoms with E-state index in [1.54, 1.807) is 0 Å². The molecule has 0 aliphatic heterocycles. The van der Waals surface area contributed by atoms with E-state index in [1.165, 1.54) is 0 Å². The predicted octanol–water partition coefficient (Wildman–Crippen LogP) is 2.76. The van der Waals surface area contributed by atoms with E-state index in [9.17, 15) is 0 Å². The summed E-state index contributed by atoms with van der Waals surface area (Å²) in [7, 11) is 0. The molecule has 0 radical (unpaired) electrons. The number of aryl methyl sites for hydroxylation is 1. The van der Waals surface area contributed by atoms with E-state index in [0.29, 0.717) is 0 Å². The zero-order valence-corrected chi connectivity index (χ0v) is 7.87. The Morgan fingerprint density at radius 3 is 2.62 bits per heavy atom. The average molecular weight is 175 g/mol. The van der Waals surface area contributed by atoms with Gasteiger partial charge in [0.05, 0.1) is 6.04 Å². The Hall–Kier alpha value is -1.28. The summed E-state index contributed by atoms with van der Waals surface area (Å²) in [4.78, 5) is 0. The summed E-state index contributed by atoms with van der Waals surface area (Å²) in [6.45, 7) is 3.98. The van der Waals surface area contributed by atoms with Crippen molar-refractivity contribution in [3.8, 4) is 0 Å². The number of rotatable bonds is 1. The monoisotopic (exact) mass is 175 g/mol. The molecular formula is C11H13NO. The van der Waals surface area contributed by atoms with Crippen LogP contribution in [0.3, 0.4) is 0 Å². The second-order valence-electron chi connectivity index (χ2n) is 3.38. The summed E-state index contributed by atoms with van der Waals surface area (Å²) in [5.41, 5.74) is 7.87. The molecule has 0 saturated heterocycles. The molecule has 0 fully saturated rings. The first kappa shape index (κ1) is 8.32. The van der Waals surface area contributed by atoms with Crippen molar-refractivity contribution in [1.29, 1.82) is 0 Å². The third-order valence-electron chi connectivity index (χ3n) is 2.29. The Bertz CT molecular complexity index is 429. The molecule has 0 amide bonds. The van der Waals surface area contributed by atoms with Gasteiger partial charge in [0.1, 0.15) is 11.3 Å². The van der Waals surface area contributed by atoms with Gasteiger partial charge < -0.3 is 10.2 Å². The predicted molar refractivity (Wildman–Crippen MR) is 53.6 cm³/mol. The minimum atomic E-state index is -0.0348. The summed E-state index contributed by atoms with van der Waals surface area (Å²) < 4.78 is 5.64. The highest BCUT2D eigenvalue weighted by atomic mass is 16.3. The van der Waals surface area contributed by atoms with Crippen LogP contribution in [0.1, 0.15) is 24.3 Å². The normalized spacial score (nSPS) is 13.5. The largest absolute Gasteiger partial charge is 0.459 e. The van der Waals surface area contributed by atoms with Crippen LogP contribution in [0.15, 0.2) is 28.7 Å². The van der Waals surface area contributed by atoms with Gasteiger partial charge >= 0.3 is 0 Å². The maximum absolute atomic E-state index is 5.78. The van der Waals surface area contributed by atoms with E-state index >= 15 is 0 Å². The molecule has 13 heavy (non-hydrogen) atoms. The fourth-order valence-electron chi connectivity index (χ4n) is 1.63. The van der Waals surface area contributed by atoms with E-state index in [4.69, 9.17) is 10.2 Å². The fraction of sp³-hybridized carbons (Fsp3) is 0.273. The van der Waals surface area contributed by atoms with Crippen molar-refractivity contribution in [3.05, 3.63) is 35.6 Å². The highest BCUT2D eigenvalue weighted by molar-refractivity contribution is 5.81. The molecule has 1 aromatic heterocycles. The van der Waals surface area contributed by atoms with Crippen LogP contribution in [0.2, 0.25) is 0 Å². The van der Waals surface area contributed by atoms with Gasteiger partial charge in [-0.25, -0.2) is 0 Å². The Kier molecular flexibility index (Phi) is 1.85. The zero-order chi connectivity index (χ0) is 9.42. The quantitative estimate of drug-likeness (QED) is 0.723. The lowest BCUT2D eigenvalue weighted by atomic mass is 10.1. The Morgan fingerprint density at radius 1 is 1.31 bits per heavy atom. The Labute approximate surface area is 77.3 Å². The van der Waals surface area contributed by atoms with Gasteiger partial charge in [0.2, 0.25) is 0 Å². The lowest BCUT2D eigenvalue weighted by Crippen LogP contribution is -2.04. The number of fused-ring (bicyclic) bond motifs is 1. The lowest BCUT2D eigenvalue weighted by molar-refractivity contribution is 0.509. The first-order chi connectivity index (χ1) is 6.20. The van der Waals surface area contributed by atoms with Crippen molar-refractivity contribution >= 4 is 11.0 Å². The van der Waals surface area contributed by atoms with Gasteiger partial charge in [0.25, 0.3) is 0 Å². The van der Waals surface area contributed by atoms with E-state index in [0.717, 1.165) is 22.3 Å². The van der Waals surface area contributed by atoms with Gasteiger partial charge in [-0.1, -0.05) is 18.2 Å². The smallest absolute Gasteiger partial charge is 0.134 e. The van der Waals surface area contributed by atoms with Gasteiger partial charge in [-0.15, -0.1) is 0 Å². The third kappa shape index (κ3) is 1.23. The standard InChI is InChI=1S/C11H13NO/c1-7-9-5-3-4-6-10(9)13-11(7)8(2)12/h3-6,8H,12H2,1-2H3. The maximum atomic E-state index is 5.78. The third-order valence-corrected chi connectivity index (χ3v) is 2.29. The van der Waals surface area contributed by atoms with Gasteiger partial charge in [-0.05, 0) is 25.5 Å². The molecule has 2 aromatic rings. The molecule has 0 aliphatic rings. The molecular weight excluding hydrogens is 162 g/mol. The minimum Gasteiger partial charge on any atom is -0.459 e. The molecule has 0 spiro atoms.